The third kappa shape index (κ3) is 4.41. The van der Waals surface area contributed by atoms with Crippen LogP contribution in [-0.2, 0) is 9.59 Å². The van der Waals surface area contributed by atoms with E-state index in [4.69, 9.17) is 0 Å². The molecule has 0 aliphatic heterocycles. The van der Waals surface area contributed by atoms with Crippen LogP contribution in [0.5, 0.6) is 0 Å². The van der Waals surface area contributed by atoms with Crippen molar-refractivity contribution in [3.63, 3.8) is 0 Å². The lowest BCUT2D eigenvalue weighted by molar-refractivity contribution is -0.129. The second kappa shape index (κ2) is 8.32. The van der Waals surface area contributed by atoms with Crippen LogP contribution in [0.15, 0.2) is 65.2 Å². The number of halogens is 1. The maximum atomic E-state index is 12.8. The van der Waals surface area contributed by atoms with Gasteiger partial charge in [0.05, 0.1) is 11.8 Å². The number of allylic oxidation sites excluding steroid dienone is 2. The van der Waals surface area contributed by atoms with Crippen molar-refractivity contribution in [1.82, 2.24) is 0 Å². The van der Waals surface area contributed by atoms with E-state index in [-0.39, 0.29) is 23.7 Å². The van der Waals surface area contributed by atoms with Gasteiger partial charge in [-0.3, -0.25) is 9.59 Å². The Morgan fingerprint density at radius 3 is 2.08 bits per heavy atom. The molecule has 3 rings (SSSR count). The SMILES string of the molecule is Cc1ccccc1NC(=O)C1CC=CCC1C(=O)Nc1ccc(Br)cc1. The minimum absolute atomic E-state index is 0.111. The highest BCUT2D eigenvalue weighted by atomic mass is 79.9. The molecule has 0 saturated carbocycles. The summed E-state index contributed by atoms with van der Waals surface area (Å²) in [6, 6.07) is 15.1. The summed E-state index contributed by atoms with van der Waals surface area (Å²) in [4.78, 5) is 25.6. The van der Waals surface area contributed by atoms with Crippen LogP contribution in [0.4, 0.5) is 11.4 Å². The summed E-state index contributed by atoms with van der Waals surface area (Å²) >= 11 is 3.38. The summed E-state index contributed by atoms with van der Waals surface area (Å²) in [5.74, 6) is -0.996. The van der Waals surface area contributed by atoms with Crippen LogP contribution in [0.1, 0.15) is 18.4 Å². The van der Waals surface area contributed by atoms with Crippen LogP contribution in [0.3, 0.4) is 0 Å². The molecular weight excluding hydrogens is 392 g/mol. The van der Waals surface area contributed by atoms with Gasteiger partial charge in [0.15, 0.2) is 0 Å². The molecule has 2 aromatic carbocycles. The van der Waals surface area contributed by atoms with Crippen molar-refractivity contribution >= 4 is 39.1 Å². The molecule has 2 unspecified atom stereocenters. The third-order valence-electron chi connectivity index (χ3n) is 4.62. The van der Waals surface area contributed by atoms with Gasteiger partial charge in [-0.25, -0.2) is 0 Å². The molecule has 0 fully saturated rings. The molecule has 1 aliphatic rings. The Kier molecular flexibility index (Phi) is 5.89. The number of hydrogen-bond donors (Lipinski definition) is 2. The Bertz CT molecular complexity index is 830. The highest BCUT2D eigenvalue weighted by molar-refractivity contribution is 9.10. The van der Waals surface area contributed by atoms with Gasteiger partial charge in [0.25, 0.3) is 0 Å². The van der Waals surface area contributed by atoms with E-state index in [2.05, 4.69) is 26.6 Å². The van der Waals surface area contributed by atoms with Crippen molar-refractivity contribution in [2.45, 2.75) is 19.8 Å². The standard InChI is InChI=1S/C21H21BrN2O2/c1-14-6-2-5-9-19(14)24-21(26)18-8-4-3-7-17(18)20(25)23-16-12-10-15(22)11-13-16/h2-6,9-13,17-18H,7-8H2,1H3,(H,23,25)(H,24,26). The zero-order valence-corrected chi connectivity index (χ0v) is 16.1. The fourth-order valence-corrected chi connectivity index (χ4v) is 3.36. The van der Waals surface area contributed by atoms with Crippen LogP contribution < -0.4 is 10.6 Å². The van der Waals surface area contributed by atoms with E-state index >= 15 is 0 Å². The van der Waals surface area contributed by atoms with Crippen molar-refractivity contribution < 1.29 is 9.59 Å². The van der Waals surface area contributed by atoms with Gasteiger partial charge in [0.2, 0.25) is 11.8 Å². The molecular formula is C21H21BrN2O2. The molecule has 1 aliphatic carbocycles. The minimum Gasteiger partial charge on any atom is -0.326 e. The molecule has 4 nitrogen and oxygen atoms in total. The number of aryl methyl sites for hydroxylation is 1. The maximum Gasteiger partial charge on any atom is 0.228 e. The summed E-state index contributed by atoms with van der Waals surface area (Å²) in [6.07, 6.45) is 5.08. The summed E-state index contributed by atoms with van der Waals surface area (Å²) in [5, 5.41) is 5.90. The van der Waals surface area contributed by atoms with Crippen molar-refractivity contribution in [3.8, 4) is 0 Å². The van der Waals surface area contributed by atoms with Crippen molar-refractivity contribution in [2.24, 2.45) is 11.8 Å². The normalized spacial score (nSPS) is 19.0. The molecule has 0 spiro atoms. The molecule has 0 bridgehead atoms. The van der Waals surface area contributed by atoms with E-state index < -0.39 is 0 Å². The Labute approximate surface area is 161 Å². The first-order valence-corrected chi connectivity index (χ1v) is 9.42. The summed E-state index contributed by atoms with van der Waals surface area (Å²) in [5.41, 5.74) is 2.52. The third-order valence-corrected chi connectivity index (χ3v) is 5.15. The Hall–Kier alpha value is -2.40. The Morgan fingerprint density at radius 1 is 0.885 bits per heavy atom. The van der Waals surface area contributed by atoms with E-state index in [1.807, 2.05) is 67.6 Å². The maximum absolute atomic E-state index is 12.8. The quantitative estimate of drug-likeness (QED) is 0.700. The number of carbonyl (C=O) groups excluding carboxylic acids is 2. The number of amides is 2. The van der Waals surface area contributed by atoms with Crippen LogP contribution in [0.2, 0.25) is 0 Å². The lowest BCUT2D eigenvalue weighted by atomic mass is 9.81. The molecule has 2 N–H and O–H groups in total. The second-order valence-corrected chi connectivity index (χ2v) is 7.37. The number of benzene rings is 2. The molecule has 2 atom stereocenters. The van der Waals surface area contributed by atoms with Gasteiger partial charge in [0.1, 0.15) is 0 Å². The van der Waals surface area contributed by atoms with Gasteiger partial charge in [-0.15, -0.1) is 0 Å². The highest BCUT2D eigenvalue weighted by Crippen LogP contribution is 2.29. The minimum atomic E-state index is -0.382. The molecule has 2 aromatic rings. The van der Waals surface area contributed by atoms with Crippen LogP contribution in [-0.4, -0.2) is 11.8 Å². The van der Waals surface area contributed by atoms with Crippen molar-refractivity contribution in [1.29, 1.82) is 0 Å². The fourth-order valence-electron chi connectivity index (χ4n) is 3.10. The van der Waals surface area contributed by atoms with E-state index in [0.717, 1.165) is 21.4 Å². The monoisotopic (exact) mass is 412 g/mol. The van der Waals surface area contributed by atoms with E-state index in [1.54, 1.807) is 0 Å². The molecule has 5 heteroatoms. The first kappa shape index (κ1) is 18.4. The lowest BCUT2D eigenvalue weighted by Gasteiger charge is -2.27. The first-order chi connectivity index (χ1) is 12.5. The molecule has 2 amide bonds. The average Bonchev–Trinajstić information content (AvgIpc) is 2.65. The molecule has 0 heterocycles. The van der Waals surface area contributed by atoms with Crippen LogP contribution in [0, 0.1) is 18.8 Å². The predicted octanol–water partition coefficient (Wildman–Crippen LogP) is 4.92. The van der Waals surface area contributed by atoms with Gasteiger partial charge in [-0.2, -0.15) is 0 Å². The summed E-state index contributed by atoms with van der Waals surface area (Å²) in [6.45, 7) is 1.95. The zero-order chi connectivity index (χ0) is 18.5. The number of para-hydroxylation sites is 1. The van der Waals surface area contributed by atoms with E-state index in [9.17, 15) is 9.59 Å². The largest absolute Gasteiger partial charge is 0.326 e. The van der Waals surface area contributed by atoms with Crippen LogP contribution in [0.25, 0.3) is 0 Å². The molecule has 0 aromatic heterocycles. The van der Waals surface area contributed by atoms with E-state index in [1.165, 1.54) is 0 Å². The highest BCUT2D eigenvalue weighted by Gasteiger charge is 2.34. The topological polar surface area (TPSA) is 58.2 Å². The van der Waals surface area contributed by atoms with Gasteiger partial charge < -0.3 is 10.6 Å². The second-order valence-electron chi connectivity index (χ2n) is 6.46. The molecule has 0 saturated heterocycles. The first-order valence-electron chi connectivity index (χ1n) is 8.62. The van der Waals surface area contributed by atoms with Gasteiger partial charge >= 0.3 is 0 Å². The number of anilines is 2. The van der Waals surface area contributed by atoms with Gasteiger partial charge in [-0.1, -0.05) is 46.3 Å². The summed E-state index contributed by atoms with van der Waals surface area (Å²) < 4.78 is 0.951. The lowest BCUT2D eigenvalue weighted by Crippen LogP contribution is -2.37. The zero-order valence-electron chi connectivity index (χ0n) is 14.5. The number of hydrogen-bond acceptors (Lipinski definition) is 2. The molecule has 134 valence electrons. The van der Waals surface area contributed by atoms with Gasteiger partial charge in [0, 0.05) is 15.8 Å². The Balaban J connectivity index is 1.72. The number of rotatable bonds is 4. The van der Waals surface area contributed by atoms with Crippen LogP contribution >= 0.6 is 15.9 Å². The Morgan fingerprint density at radius 2 is 1.46 bits per heavy atom. The van der Waals surface area contributed by atoms with Crippen molar-refractivity contribution in [3.05, 3.63) is 70.7 Å². The smallest absolute Gasteiger partial charge is 0.228 e. The average molecular weight is 413 g/mol. The number of carbonyl (C=O) groups is 2. The van der Waals surface area contributed by atoms with Gasteiger partial charge in [-0.05, 0) is 55.7 Å². The van der Waals surface area contributed by atoms with Crippen molar-refractivity contribution in [2.75, 3.05) is 10.6 Å². The predicted molar refractivity (Wildman–Crippen MR) is 108 cm³/mol. The molecule has 0 radical (unpaired) electrons. The van der Waals surface area contributed by atoms with E-state index in [0.29, 0.717) is 12.8 Å². The number of nitrogens with one attached hydrogen (secondary N) is 2. The molecule has 26 heavy (non-hydrogen) atoms. The summed E-state index contributed by atoms with van der Waals surface area (Å²) in [7, 11) is 0. The fraction of sp³-hybridized carbons (Fsp3) is 0.238.